The molecule has 300 valence electrons. The molecule has 13 heteroatoms. The highest BCUT2D eigenvalue weighted by Gasteiger charge is 2.33. The van der Waals surface area contributed by atoms with Gasteiger partial charge in [0.25, 0.3) is 0 Å². The number of carbonyl (C=O) groups is 5. The Morgan fingerprint density at radius 1 is 0.891 bits per heavy atom. The number of nitriles is 1. The Balaban J connectivity index is 1.99. The summed E-state index contributed by atoms with van der Waals surface area (Å²) in [6.45, 7) is 4.81. The fraction of sp³-hybridized carbons (Fsp3) is 0.571. The molecule has 2 aromatic rings. The number of Topliss-reactive ketones (excluding diaryl/α,β-unsaturated/α-hetero) is 2. The summed E-state index contributed by atoms with van der Waals surface area (Å²) in [7, 11) is 1.54. The lowest BCUT2D eigenvalue weighted by Gasteiger charge is -2.30. The largest absolute Gasteiger partial charge is 0.492 e. The molecule has 2 aromatic carbocycles. The van der Waals surface area contributed by atoms with Crippen LogP contribution in [0.25, 0.3) is 11.1 Å². The minimum absolute atomic E-state index is 0.00406. The maximum atomic E-state index is 14.3. The number of ether oxygens (including phenoxy) is 2. The number of amides is 3. The topological polar surface area (TPSA) is 207 Å². The van der Waals surface area contributed by atoms with Crippen molar-refractivity contribution in [3.05, 3.63) is 47.5 Å². The Morgan fingerprint density at radius 3 is 2.18 bits per heavy atom. The van der Waals surface area contributed by atoms with Gasteiger partial charge in [0.15, 0.2) is 11.6 Å². The van der Waals surface area contributed by atoms with Gasteiger partial charge < -0.3 is 36.5 Å². The van der Waals surface area contributed by atoms with Crippen molar-refractivity contribution in [1.82, 2.24) is 15.5 Å². The SMILES string of the molecule is CCCCCCCCCC(=O)NCCC(=O)N(C)[C@@H]1C(=O)C[C@@H](C)C(=O)N[C@H](C(=O)CCC#N)Cc2ccc(OCCN)c(c2)-c2cc1ccc2OCCN. The molecule has 3 rings (SSSR count). The maximum absolute atomic E-state index is 14.3. The molecule has 55 heavy (non-hydrogen) atoms. The molecule has 6 N–H and O–H groups in total. The number of nitrogens with two attached hydrogens (primary N) is 2. The first-order chi connectivity index (χ1) is 26.5. The monoisotopic (exact) mass is 760 g/mol. The predicted octanol–water partition coefficient (Wildman–Crippen LogP) is 4.68. The summed E-state index contributed by atoms with van der Waals surface area (Å²) in [4.78, 5) is 68.7. The van der Waals surface area contributed by atoms with Crippen LogP contribution in [0.3, 0.4) is 0 Å². The van der Waals surface area contributed by atoms with Crippen LogP contribution in [-0.4, -0.2) is 80.1 Å². The molecule has 3 atom stereocenters. The lowest BCUT2D eigenvalue weighted by molar-refractivity contribution is -0.139. The molecule has 0 fully saturated rings. The number of nitrogens with zero attached hydrogens (tertiary/aromatic N) is 2. The molecule has 0 spiro atoms. The first-order valence-electron chi connectivity index (χ1n) is 19.7. The third-order valence-corrected chi connectivity index (χ3v) is 9.74. The fourth-order valence-electron chi connectivity index (χ4n) is 6.67. The van der Waals surface area contributed by atoms with Gasteiger partial charge in [-0.3, -0.25) is 24.0 Å². The second-order valence-corrected chi connectivity index (χ2v) is 14.2. The number of fused-ring (bicyclic) bond motifs is 5. The van der Waals surface area contributed by atoms with E-state index < -0.39 is 23.9 Å². The number of benzene rings is 2. The average molecular weight is 761 g/mol. The molecule has 0 unspecified atom stereocenters. The molecule has 1 aliphatic rings. The molecule has 13 nitrogen and oxygen atoms in total. The van der Waals surface area contributed by atoms with E-state index in [1.54, 1.807) is 37.3 Å². The predicted molar refractivity (Wildman–Crippen MR) is 211 cm³/mol. The number of hydrogen-bond donors (Lipinski definition) is 4. The standard InChI is InChI=1S/C42H60N6O7/c1-4-5-6-7-8-9-10-13-39(51)46-22-18-40(52)48(3)41-31-15-17-38(55-24-21-45)33(28-31)32-26-30(14-16-37(32)54-23-20-44)27-34(35(49)12-11-19-43)47-42(53)29(2)25-36(41)50/h14-17,26,28-29,34,41H,4-13,18,20-25,27,44-45H2,1-3H3,(H,46,51)(H,47,53)/t29-,34+,41+/m1/s1. The smallest absolute Gasteiger partial charge is 0.224 e. The normalized spacial score (nSPS) is 17.0. The summed E-state index contributed by atoms with van der Waals surface area (Å²) in [5.74, 6) is -1.58. The molecular weight excluding hydrogens is 700 g/mol. The molecule has 1 heterocycles. The zero-order valence-electron chi connectivity index (χ0n) is 32.8. The van der Waals surface area contributed by atoms with Gasteiger partial charge in [0, 0.05) is 75.8 Å². The molecule has 1 aliphatic heterocycles. The van der Waals surface area contributed by atoms with E-state index in [0.717, 1.165) is 19.3 Å². The van der Waals surface area contributed by atoms with Crippen molar-refractivity contribution >= 4 is 29.3 Å². The third-order valence-electron chi connectivity index (χ3n) is 9.74. The second-order valence-electron chi connectivity index (χ2n) is 14.2. The number of likely N-dealkylation sites (N-methyl/N-ethyl adjacent to an activating group) is 1. The highest BCUT2D eigenvalue weighted by Crippen LogP contribution is 2.40. The van der Waals surface area contributed by atoms with Crippen molar-refractivity contribution in [2.45, 2.75) is 109 Å². The van der Waals surface area contributed by atoms with E-state index in [9.17, 15) is 24.0 Å². The van der Waals surface area contributed by atoms with Gasteiger partial charge in [-0.25, -0.2) is 0 Å². The molecule has 0 saturated carbocycles. The number of nitrogens with one attached hydrogen (secondary N) is 2. The van der Waals surface area contributed by atoms with Crippen LogP contribution in [0, 0.1) is 17.2 Å². The molecule has 0 saturated heterocycles. The first kappa shape index (κ1) is 44.6. The number of hydrogen-bond acceptors (Lipinski definition) is 10. The zero-order valence-corrected chi connectivity index (χ0v) is 32.8. The molecule has 0 radical (unpaired) electrons. The number of unbranched alkanes of at least 4 members (excludes halogenated alkanes) is 6. The van der Waals surface area contributed by atoms with Crippen molar-refractivity contribution in [1.29, 1.82) is 5.26 Å². The highest BCUT2D eigenvalue weighted by atomic mass is 16.5. The van der Waals surface area contributed by atoms with E-state index in [4.69, 9.17) is 26.2 Å². The Labute approximate surface area is 325 Å². The summed E-state index contributed by atoms with van der Waals surface area (Å²) in [5, 5.41) is 14.8. The summed E-state index contributed by atoms with van der Waals surface area (Å²) in [5.41, 5.74) is 13.9. The van der Waals surface area contributed by atoms with Gasteiger partial charge in [0.2, 0.25) is 17.7 Å². The van der Waals surface area contributed by atoms with Crippen molar-refractivity contribution in [3.63, 3.8) is 0 Å². The van der Waals surface area contributed by atoms with E-state index >= 15 is 0 Å². The van der Waals surface area contributed by atoms with Crippen LogP contribution in [0.4, 0.5) is 0 Å². The van der Waals surface area contributed by atoms with Crippen LogP contribution < -0.4 is 31.6 Å². The second kappa shape index (κ2) is 23.9. The molecule has 0 aliphatic carbocycles. The van der Waals surface area contributed by atoms with Gasteiger partial charge in [-0.2, -0.15) is 5.26 Å². The number of ketones is 2. The van der Waals surface area contributed by atoms with Crippen molar-refractivity contribution in [3.8, 4) is 28.7 Å². The Morgan fingerprint density at radius 2 is 1.53 bits per heavy atom. The minimum atomic E-state index is -1.10. The van der Waals surface area contributed by atoms with E-state index in [0.29, 0.717) is 40.2 Å². The van der Waals surface area contributed by atoms with Gasteiger partial charge in [0.1, 0.15) is 30.8 Å². The van der Waals surface area contributed by atoms with Crippen LogP contribution in [-0.2, 0) is 30.4 Å². The van der Waals surface area contributed by atoms with Crippen LogP contribution >= 0.6 is 0 Å². The van der Waals surface area contributed by atoms with Crippen LogP contribution in [0.2, 0.25) is 0 Å². The molecule has 0 aromatic heterocycles. The molecule has 4 bridgehead atoms. The van der Waals surface area contributed by atoms with Crippen LogP contribution in [0.5, 0.6) is 11.5 Å². The first-order valence-corrected chi connectivity index (χ1v) is 19.7. The summed E-state index contributed by atoms with van der Waals surface area (Å²) in [6.07, 6.45) is 7.89. The zero-order chi connectivity index (χ0) is 40.2. The summed E-state index contributed by atoms with van der Waals surface area (Å²) in [6, 6.07) is 10.6. The van der Waals surface area contributed by atoms with Crippen LogP contribution in [0.15, 0.2) is 36.4 Å². The summed E-state index contributed by atoms with van der Waals surface area (Å²) >= 11 is 0. The van der Waals surface area contributed by atoms with Crippen LogP contribution in [0.1, 0.15) is 108 Å². The molecule has 3 amide bonds. The Kier molecular flexibility index (Phi) is 19.4. The van der Waals surface area contributed by atoms with Crippen molar-refractivity contribution in [2.75, 3.05) is 39.9 Å². The minimum Gasteiger partial charge on any atom is -0.492 e. The van der Waals surface area contributed by atoms with E-state index in [-0.39, 0.29) is 88.3 Å². The third kappa shape index (κ3) is 14.1. The lowest BCUT2D eigenvalue weighted by atomic mass is 9.89. The summed E-state index contributed by atoms with van der Waals surface area (Å²) < 4.78 is 12.1. The highest BCUT2D eigenvalue weighted by molar-refractivity contribution is 5.95. The van der Waals surface area contributed by atoms with E-state index in [2.05, 4.69) is 17.6 Å². The Bertz CT molecular complexity index is 1640. The quantitative estimate of drug-likeness (QED) is 0.129. The number of rotatable bonds is 21. The van der Waals surface area contributed by atoms with Gasteiger partial charge in [0.05, 0.1) is 12.1 Å². The van der Waals surface area contributed by atoms with E-state index in [1.807, 2.05) is 12.1 Å². The van der Waals surface area contributed by atoms with Gasteiger partial charge in [-0.15, -0.1) is 0 Å². The average Bonchev–Trinajstić information content (AvgIpc) is 3.17. The maximum Gasteiger partial charge on any atom is 0.224 e. The lowest BCUT2D eigenvalue weighted by Crippen LogP contribution is -2.45. The van der Waals surface area contributed by atoms with Crippen molar-refractivity contribution < 1.29 is 33.4 Å². The Hall–Kier alpha value is -4.80. The van der Waals surface area contributed by atoms with Crippen molar-refractivity contribution in [2.24, 2.45) is 17.4 Å². The van der Waals surface area contributed by atoms with E-state index in [1.165, 1.54) is 37.6 Å². The van der Waals surface area contributed by atoms with Gasteiger partial charge in [-0.05, 0) is 48.2 Å². The molecular formula is C42H60N6O7. The fourth-order valence-corrected chi connectivity index (χ4v) is 6.67. The number of carbonyl (C=O) groups excluding carboxylic acids is 5. The van der Waals surface area contributed by atoms with Gasteiger partial charge in [-0.1, -0.05) is 64.5 Å². The van der Waals surface area contributed by atoms with Gasteiger partial charge >= 0.3 is 0 Å².